The number of carbonyl (C=O) groups excluding carboxylic acids is 1. The number of para-hydroxylation sites is 1. The lowest BCUT2D eigenvalue weighted by Crippen LogP contribution is -2.38. The van der Waals surface area contributed by atoms with E-state index in [4.69, 9.17) is 0 Å². The highest BCUT2D eigenvalue weighted by Gasteiger charge is 2.23. The van der Waals surface area contributed by atoms with E-state index < -0.39 is 10.0 Å². The fourth-order valence-electron chi connectivity index (χ4n) is 3.36. The van der Waals surface area contributed by atoms with E-state index in [1.807, 2.05) is 24.3 Å². The Morgan fingerprint density at radius 2 is 1.89 bits per heavy atom. The second-order valence-corrected chi connectivity index (χ2v) is 10.3. The number of anilines is 1. The van der Waals surface area contributed by atoms with Gasteiger partial charge in [0.1, 0.15) is 0 Å². The normalized spacial score (nSPS) is 15.5. The summed E-state index contributed by atoms with van der Waals surface area (Å²) >= 11 is 0. The summed E-state index contributed by atoms with van der Waals surface area (Å²) in [5.74, 6) is -0.310. The Labute approximate surface area is 163 Å². The van der Waals surface area contributed by atoms with Crippen molar-refractivity contribution in [3.05, 3.63) is 41.5 Å². The standard InChI is InChI=1S/C21H32N2O3S/c1-21(2,3)18-12-8-9-13-19(18)22-20(24)16-23(27(4,25)26)15-14-17-10-6-5-7-11-17/h8-10,12-13H,5-7,11,14-16H2,1-4H3,(H,22,24). The molecule has 5 nitrogen and oxygen atoms in total. The maximum absolute atomic E-state index is 12.6. The maximum Gasteiger partial charge on any atom is 0.239 e. The monoisotopic (exact) mass is 392 g/mol. The third-order valence-electron chi connectivity index (χ3n) is 4.87. The van der Waals surface area contributed by atoms with E-state index in [-0.39, 0.29) is 17.9 Å². The summed E-state index contributed by atoms with van der Waals surface area (Å²) in [5.41, 5.74) is 2.94. The van der Waals surface area contributed by atoms with Crippen molar-refractivity contribution < 1.29 is 13.2 Å². The van der Waals surface area contributed by atoms with E-state index in [2.05, 4.69) is 32.2 Å². The van der Waals surface area contributed by atoms with Crippen LogP contribution in [0, 0.1) is 0 Å². The summed E-state index contributed by atoms with van der Waals surface area (Å²) < 4.78 is 25.6. The second-order valence-electron chi connectivity index (χ2n) is 8.30. The van der Waals surface area contributed by atoms with Crippen LogP contribution in [0.25, 0.3) is 0 Å². The highest BCUT2D eigenvalue weighted by atomic mass is 32.2. The Kier molecular flexibility index (Phi) is 7.23. The predicted octanol–water partition coefficient (Wildman–Crippen LogP) is 4.07. The zero-order chi connectivity index (χ0) is 20.1. The predicted molar refractivity (Wildman–Crippen MR) is 111 cm³/mol. The third-order valence-corrected chi connectivity index (χ3v) is 6.12. The minimum absolute atomic E-state index is 0.117. The van der Waals surface area contributed by atoms with Gasteiger partial charge >= 0.3 is 0 Å². The molecule has 0 aromatic heterocycles. The molecule has 150 valence electrons. The molecule has 0 atom stereocenters. The van der Waals surface area contributed by atoms with Gasteiger partial charge in [-0.15, -0.1) is 0 Å². The molecule has 0 aliphatic heterocycles. The zero-order valence-electron chi connectivity index (χ0n) is 16.9. The van der Waals surface area contributed by atoms with Crippen LogP contribution in [0.15, 0.2) is 35.9 Å². The van der Waals surface area contributed by atoms with Gasteiger partial charge in [-0.05, 0) is 49.1 Å². The van der Waals surface area contributed by atoms with E-state index >= 15 is 0 Å². The van der Waals surface area contributed by atoms with Gasteiger partial charge < -0.3 is 5.32 Å². The van der Waals surface area contributed by atoms with Crippen LogP contribution in [0.1, 0.15) is 58.4 Å². The number of amides is 1. The van der Waals surface area contributed by atoms with Crippen LogP contribution in [0.4, 0.5) is 5.69 Å². The molecule has 27 heavy (non-hydrogen) atoms. The van der Waals surface area contributed by atoms with Crippen molar-refractivity contribution in [2.75, 3.05) is 24.7 Å². The number of rotatable bonds is 7. The Morgan fingerprint density at radius 3 is 2.48 bits per heavy atom. The molecule has 1 aromatic rings. The third kappa shape index (κ3) is 6.78. The minimum Gasteiger partial charge on any atom is -0.325 e. The summed E-state index contributed by atoms with van der Waals surface area (Å²) in [6, 6.07) is 7.65. The number of hydrogen-bond acceptors (Lipinski definition) is 3. The lowest BCUT2D eigenvalue weighted by Gasteiger charge is -2.24. The molecule has 0 fully saturated rings. The van der Waals surface area contributed by atoms with Crippen LogP contribution >= 0.6 is 0 Å². The van der Waals surface area contributed by atoms with Gasteiger partial charge in [0.05, 0.1) is 12.8 Å². The van der Waals surface area contributed by atoms with Crippen molar-refractivity contribution in [3.63, 3.8) is 0 Å². The second kappa shape index (κ2) is 9.02. The van der Waals surface area contributed by atoms with Crippen molar-refractivity contribution in [2.24, 2.45) is 0 Å². The Hall–Kier alpha value is -1.66. The molecular formula is C21H32N2O3S. The number of nitrogens with one attached hydrogen (secondary N) is 1. The average molecular weight is 393 g/mol. The highest BCUT2D eigenvalue weighted by Crippen LogP contribution is 2.29. The Morgan fingerprint density at radius 1 is 1.19 bits per heavy atom. The maximum atomic E-state index is 12.6. The zero-order valence-corrected chi connectivity index (χ0v) is 17.7. The summed E-state index contributed by atoms with van der Waals surface area (Å²) in [5, 5.41) is 2.90. The number of benzene rings is 1. The van der Waals surface area contributed by atoms with Gasteiger partial charge in [-0.1, -0.05) is 50.6 Å². The van der Waals surface area contributed by atoms with E-state index in [0.29, 0.717) is 13.0 Å². The lowest BCUT2D eigenvalue weighted by atomic mass is 9.86. The molecule has 1 N–H and O–H groups in total. The van der Waals surface area contributed by atoms with Gasteiger partial charge in [0.15, 0.2) is 0 Å². The minimum atomic E-state index is -3.45. The Bertz CT molecular complexity index is 792. The number of nitrogens with zero attached hydrogens (tertiary/aromatic N) is 1. The fraction of sp³-hybridized carbons (Fsp3) is 0.571. The van der Waals surface area contributed by atoms with Crippen molar-refractivity contribution in [1.82, 2.24) is 4.31 Å². The topological polar surface area (TPSA) is 66.5 Å². The van der Waals surface area contributed by atoms with Crippen molar-refractivity contribution in [3.8, 4) is 0 Å². The van der Waals surface area contributed by atoms with Crippen LogP contribution in [-0.2, 0) is 20.2 Å². The molecule has 0 spiro atoms. The fourth-order valence-corrected chi connectivity index (χ4v) is 4.13. The molecule has 1 aliphatic carbocycles. The van der Waals surface area contributed by atoms with Gasteiger partial charge in [0, 0.05) is 12.2 Å². The molecule has 6 heteroatoms. The molecule has 0 saturated carbocycles. The van der Waals surface area contributed by atoms with Gasteiger partial charge in [-0.3, -0.25) is 4.79 Å². The summed E-state index contributed by atoms with van der Waals surface area (Å²) in [4.78, 5) is 12.6. The number of allylic oxidation sites excluding steroid dienone is 1. The lowest BCUT2D eigenvalue weighted by molar-refractivity contribution is -0.116. The SMILES string of the molecule is CC(C)(C)c1ccccc1NC(=O)CN(CCC1=CCCCC1)S(C)(=O)=O. The van der Waals surface area contributed by atoms with Gasteiger partial charge in [-0.2, -0.15) is 4.31 Å². The number of sulfonamides is 1. The molecule has 2 rings (SSSR count). The van der Waals surface area contributed by atoms with Crippen LogP contribution < -0.4 is 5.32 Å². The van der Waals surface area contributed by atoms with Crippen LogP contribution in [0.2, 0.25) is 0 Å². The highest BCUT2D eigenvalue weighted by molar-refractivity contribution is 7.88. The number of hydrogen-bond donors (Lipinski definition) is 1. The molecule has 1 aliphatic rings. The van der Waals surface area contributed by atoms with Crippen molar-refractivity contribution in [2.45, 2.75) is 58.3 Å². The van der Waals surface area contributed by atoms with Gasteiger partial charge in [0.2, 0.25) is 15.9 Å². The first-order valence-electron chi connectivity index (χ1n) is 9.60. The average Bonchev–Trinajstić information content (AvgIpc) is 2.58. The van der Waals surface area contributed by atoms with Crippen LogP contribution in [-0.4, -0.2) is 38.0 Å². The first-order valence-corrected chi connectivity index (χ1v) is 11.4. The van der Waals surface area contributed by atoms with Crippen molar-refractivity contribution in [1.29, 1.82) is 0 Å². The Balaban J connectivity index is 2.05. The van der Waals surface area contributed by atoms with Gasteiger partial charge in [0.25, 0.3) is 0 Å². The molecule has 0 heterocycles. The first-order chi connectivity index (χ1) is 12.6. The molecule has 0 radical (unpaired) electrons. The van der Waals surface area contributed by atoms with E-state index in [1.165, 1.54) is 22.6 Å². The summed E-state index contributed by atoms with van der Waals surface area (Å²) in [6.07, 6.45) is 8.53. The molecule has 0 bridgehead atoms. The van der Waals surface area contributed by atoms with E-state index in [1.54, 1.807) is 0 Å². The largest absolute Gasteiger partial charge is 0.325 e. The van der Waals surface area contributed by atoms with E-state index in [0.717, 1.165) is 30.5 Å². The molecular weight excluding hydrogens is 360 g/mol. The van der Waals surface area contributed by atoms with Gasteiger partial charge in [-0.25, -0.2) is 8.42 Å². The smallest absolute Gasteiger partial charge is 0.239 e. The molecule has 0 saturated heterocycles. The first kappa shape index (κ1) is 21.6. The summed E-state index contributed by atoms with van der Waals surface area (Å²) in [7, 11) is -3.45. The number of carbonyl (C=O) groups is 1. The quantitative estimate of drug-likeness (QED) is 0.711. The van der Waals surface area contributed by atoms with Crippen LogP contribution in [0.5, 0.6) is 0 Å². The molecule has 1 aromatic carbocycles. The van der Waals surface area contributed by atoms with E-state index in [9.17, 15) is 13.2 Å². The molecule has 1 amide bonds. The van der Waals surface area contributed by atoms with Crippen LogP contribution in [0.3, 0.4) is 0 Å². The molecule has 0 unspecified atom stereocenters. The summed E-state index contributed by atoms with van der Waals surface area (Å²) in [6.45, 7) is 6.43. The van der Waals surface area contributed by atoms with Crippen molar-refractivity contribution >= 4 is 21.6 Å².